The molecular formula is C28H38ClN3O5S. The van der Waals surface area contributed by atoms with E-state index in [4.69, 9.17) is 16.3 Å². The molecule has 3 rings (SSSR count). The number of ether oxygens (including phenoxy) is 1. The van der Waals surface area contributed by atoms with Crippen molar-refractivity contribution in [3.63, 3.8) is 0 Å². The molecule has 0 radical (unpaired) electrons. The highest BCUT2D eigenvalue weighted by Gasteiger charge is 2.28. The molecule has 1 saturated carbocycles. The summed E-state index contributed by atoms with van der Waals surface area (Å²) in [4.78, 5) is 28.0. The number of carbonyl (C=O) groups excluding carboxylic acids is 2. The van der Waals surface area contributed by atoms with Crippen molar-refractivity contribution in [2.24, 2.45) is 0 Å². The van der Waals surface area contributed by atoms with Crippen molar-refractivity contribution in [2.75, 3.05) is 13.2 Å². The number of hydrogen-bond donors (Lipinski definition) is 2. The van der Waals surface area contributed by atoms with Crippen LogP contribution < -0.4 is 10.0 Å². The number of aryl methyl sites for hydroxylation is 1. The molecule has 38 heavy (non-hydrogen) atoms. The average molecular weight is 564 g/mol. The monoisotopic (exact) mass is 563 g/mol. The van der Waals surface area contributed by atoms with E-state index in [0.29, 0.717) is 31.0 Å². The average Bonchev–Trinajstić information content (AvgIpc) is 3.69. The number of rotatable bonds is 15. The first-order valence-electron chi connectivity index (χ1n) is 13.1. The number of nitrogens with one attached hydrogen (secondary N) is 2. The van der Waals surface area contributed by atoms with Crippen LogP contribution in [0.25, 0.3) is 0 Å². The molecule has 0 spiro atoms. The van der Waals surface area contributed by atoms with Crippen LogP contribution in [0.4, 0.5) is 0 Å². The van der Waals surface area contributed by atoms with Crippen LogP contribution in [0.2, 0.25) is 5.02 Å². The van der Waals surface area contributed by atoms with Crippen LogP contribution in [0.15, 0.2) is 53.4 Å². The zero-order valence-corrected chi connectivity index (χ0v) is 23.9. The number of halogens is 1. The highest BCUT2D eigenvalue weighted by atomic mass is 35.5. The third-order valence-electron chi connectivity index (χ3n) is 6.27. The van der Waals surface area contributed by atoms with Gasteiger partial charge in [-0.25, -0.2) is 13.1 Å². The van der Waals surface area contributed by atoms with Crippen LogP contribution >= 0.6 is 11.6 Å². The van der Waals surface area contributed by atoms with Gasteiger partial charge in [0, 0.05) is 37.2 Å². The molecule has 0 bridgehead atoms. The Morgan fingerprint density at radius 1 is 1.03 bits per heavy atom. The SMILES string of the molecule is CC(C)OCCCNC(=O)C(C)N(Cc1ccc(Cl)cc1)C(=O)CCc1ccc(S(=O)(=O)NC2CC2)cc1. The van der Waals surface area contributed by atoms with Gasteiger partial charge in [0.15, 0.2) is 0 Å². The molecule has 208 valence electrons. The van der Waals surface area contributed by atoms with E-state index in [1.807, 2.05) is 26.0 Å². The van der Waals surface area contributed by atoms with E-state index in [1.165, 1.54) is 0 Å². The first-order valence-corrected chi connectivity index (χ1v) is 15.0. The summed E-state index contributed by atoms with van der Waals surface area (Å²) in [6, 6.07) is 13.1. The van der Waals surface area contributed by atoms with E-state index >= 15 is 0 Å². The number of carbonyl (C=O) groups is 2. The lowest BCUT2D eigenvalue weighted by Gasteiger charge is -2.29. The van der Waals surface area contributed by atoms with Crippen molar-refractivity contribution in [2.45, 2.75) is 82.5 Å². The topological polar surface area (TPSA) is 105 Å². The van der Waals surface area contributed by atoms with Crippen molar-refractivity contribution < 1.29 is 22.7 Å². The summed E-state index contributed by atoms with van der Waals surface area (Å²) in [6.45, 7) is 6.93. The molecule has 1 aliphatic rings. The number of hydrogen-bond acceptors (Lipinski definition) is 5. The summed E-state index contributed by atoms with van der Waals surface area (Å²) >= 11 is 6.01. The van der Waals surface area contributed by atoms with Gasteiger partial charge in [0.2, 0.25) is 21.8 Å². The van der Waals surface area contributed by atoms with Crippen LogP contribution in [0.1, 0.15) is 57.6 Å². The first kappa shape index (κ1) is 30.1. The molecule has 2 aromatic carbocycles. The van der Waals surface area contributed by atoms with E-state index in [2.05, 4.69) is 10.0 Å². The lowest BCUT2D eigenvalue weighted by Crippen LogP contribution is -2.48. The lowest BCUT2D eigenvalue weighted by atomic mass is 10.1. The normalized spacial score (nSPS) is 14.3. The summed E-state index contributed by atoms with van der Waals surface area (Å²) < 4.78 is 33.0. The second-order valence-electron chi connectivity index (χ2n) is 9.93. The Morgan fingerprint density at radius 2 is 1.66 bits per heavy atom. The number of sulfonamides is 1. The molecule has 1 atom stereocenters. The van der Waals surface area contributed by atoms with E-state index < -0.39 is 16.1 Å². The van der Waals surface area contributed by atoms with Gasteiger partial charge in [-0.05, 0) is 81.8 Å². The zero-order chi connectivity index (χ0) is 27.7. The molecule has 1 unspecified atom stereocenters. The maximum absolute atomic E-state index is 13.3. The van der Waals surface area contributed by atoms with Gasteiger partial charge in [-0.3, -0.25) is 9.59 Å². The van der Waals surface area contributed by atoms with Crippen molar-refractivity contribution in [1.82, 2.24) is 14.9 Å². The first-order chi connectivity index (χ1) is 18.0. The molecule has 2 aromatic rings. The van der Waals surface area contributed by atoms with E-state index in [9.17, 15) is 18.0 Å². The van der Waals surface area contributed by atoms with E-state index in [-0.39, 0.29) is 41.8 Å². The van der Waals surface area contributed by atoms with Crippen molar-refractivity contribution in [3.8, 4) is 0 Å². The molecule has 8 nitrogen and oxygen atoms in total. The Hall–Kier alpha value is -2.46. The standard InChI is InChI=1S/C28H38ClN3O5S/c1-20(2)37-18-4-17-30-28(34)21(3)32(19-23-5-10-24(29)11-6-23)27(33)16-9-22-7-14-26(15-8-22)38(35,36)31-25-12-13-25/h5-8,10-11,14-15,20-21,25,31H,4,9,12-13,16-19H2,1-3H3,(H,30,34). The largest absolute Gasteiger partial charge is 0.379 e. The molecule has 0 saturated heterocycles. The Morgan fingerprint density at radius 3 is 2.26 bits per heavy atom. The molecule has 2 amide bonds. The maximum Gasteiger partial charge on any atom is 0.242 e. The lowest BCUT2D eigenvalue weighted by molar-refractivity contribution is -0.140. The van der Waals surface area contributed by atoms with Crippen LogP contribution in [0.5, 0.6) is 0 Å². The summed E-state index contributed by atoms with van der Waals surface area (Å²) in [5.74, 6) is -0.396. The van der Waals surface area contributed by atoms with Gasteiger partial charge in [0.05, 0.1) is 11.0 Å². The highest BCUT2D eigenvalue weighted by Crippen LogP contribution is 2.22. The predicted molar refractivity (Wildman–Crippen MR) is 148 cm³/mol. The fourth-order valence-corrected chi connectivity index (χ4v) is 5.27. The van der Waals surface area contributed by atoms with Crippen LogP contribution in [0, 0.1) is 0 Å². The molecule has 0 aromatic heterocycles. The third-order valence-corrected chi connectivity index (χ3v) is 8.05. The van der Waals surface area contributed by atoms with Crippen molar-refractivity contribution in [3.05, 3.63) is 64.7 Å². The fraction of sp³-hybridized carbons (Fsp3) is 0.500. The van der Waals surface area contributed by atoms with Crippen LogP contribution in [-0.2, 0) is 37.3 Å². The highest BCUT2D eigenvalue weighted by molar-refractivity contribution is 7.89. The smallest absolute Gasteiger partial charge is 0.242 e. The number of benzene rings is 2. The molecule has 0 aliphatic heterocycles. The van der Waals surface area contributed by atoms with Crippen molar-refractivity contribution >= 4 is 33.4 Å². The second-order valence-corrected chi connectivity index (χ2v) is 12.1. The molecule has 1 aliphatic carbocycles. The predicted octanol–water partition coefficient (Wildman–Crippen LogP) is 4.06. The van der Waals surface area contributed by atoms with Crippen LogP contribution in [0.3, 0.4) is 0 Å². The molecule has 1 fully saturated rings. The van der Waals surface area contributed by atoms with Gasteiger partial charge in [-0.1, -0.05) is 35.9 Å². The second kappa shape index (κ2) is 14.1. The molecule has 0 heterocycles. The zero-order valence-electron chi connectivity index (χ0n) is 22.3. The van der Waals surface area contributed by atoms with Gasteiger partial charge < -0.3 is 15.0 Å². The Bertz CT molecular complexity index is 1170. The van der Waals surface area contributed by atoms with Gasteiger partial charge in [-0.15, -0.1) is 0 Å². The minimum Gasteiger partial charge on any atom is -0.379 e. The summed E-state index contributed by atoms with van der Waals surface area (Å²) in [7, 11) is -3.52. The Kier molecular flexibility index (Phi) is 11.1. The third kappa shape index (κ3) is 9.69. The van der Waals surface area contributed by atoms with Gasteiger partial charge in [0.1, 0.15) is 6.04 Å². The molecule has 10 heteroatoms. The van der Waals surface area contributed by atoms with Gasteiger partial charge in [0.25, 0.3) is 0 Å². The quantitative estimate of drug-likeness (QED) is 0.318. The molecular weight excluding hydrogens is 526 g/mol. The summed E-state index contributed by atoms with van der Waals surface area (Å²) in [5.41, 5.74) is 1.71. The Labute approximate surface area is 231 Å². The minimum absolute atomic E-state index is 0.0384. The molecule has 2 N–H and O–H groups in total. The Balaban J connectivity index is 1.61. The van der Waals surface area contributed by atoms with Crippen LogP contribution in [-0.4, -0.2) is 56.5 Å². The fourth-order valence-electron chi connectivity index (χ4n) is 3.84. The van der Waals surface area contributed by atoms with E-state index in [0.717, 1.165) is 24.0 Å². The van der Waals surface area contributed by atoms with Gasteiger partial charge >= 0.3 is 0 Å². The summed E-state index contributed by atoms with van der Waals surface area (Å²) in [6.07, 6.45) is 3.16. The minimum atomic E-state index is -3.52. The van der Waals surface area contributed by atoms with Crippen molar-refractivity contribution in [1.29, 1.82) is 0 Å². The summed E-state index contributed by atoms with van der Waals surface area (Å²) in [5, 5.41) is 3.50. The maximum atomic E-state index is 13.3. The van der Waals surface area contributed by atoms with E-state index in [1.54, 1.807) is 48.2 Å². The van der Waals surface area contributed by atoms with Gasteiger partial charge in [-0.2, -0.15) is 0 Å². The number of amides is 2. The number of nitrogens with zero attached hydrogens (tertiary/aromatic N) is 1.